The van der Waals surface area contributed by atoms with Gasteiger partial charge in [0.05, 0.1) is 26.4 Å². The molecule has 0 heterocycles. The average Bonchev–Trinajstić information content (AvgIpc) is 3.38. The van der Waals surface area contributed by atoms with Gasteiger partial charge < -0.3 is 33.8 Å². The zero-order chi connectivity index (χ0) is 55.7. The fourth-order valence-electron chi connectivity index (χ4n) is 8.14. The maximum Gasteiger partial charge on any atom is 0.472 e. The van der Waals surface area contributed by atoms with Gasteiger partial charge in [-0.05, 0) is 31.6 Å². The highest BCUT2D eigenvalue weighted by atomic mass is 31.2. The summed E-state index contributed by atoms with van der Waals surface area (Å²) in [5.74, 6) is -1.33. The second-order valence-electron chi connectivity index (χ2n) is 20.6. The highest BCUT2D eigenvalue weighted by Gasteiger charge is 2.30. The lowest BCUT2D eigenvalue weighted by Crippen LogP contribution is -2.30. The first kappa shape index (κ1) is 73.1. The van der Waals surface area contributed by atoms with Crippen LogP contribution in [-0.4, -0.2) is 96.7 Å². The molecule has 17 nitrogen and oxygen atoms in total. The minimum Gasteiger partial charge on any atom is -0.462 e. The molecule has 0 spiro atoms. The van der Waals surface area contributed by atoms with Crippen molar-refractivity contribution in [1.82, 2.24) is 0 Å². The van der Waals surface area contributed by atoms with Crippen LogP contribution in [-0.2, 0) is 65.4 Å². The predicted molar refractivity (Wildman–Crippen MR) is 294 cm³/mol. The fourth-order valence-corrected chi connectivity index (χ4v) is 9.71. The average molecular weight is 1120 g/mol. The molecule has 19 heteroatoms. The maximum absolute atomic E-state index is 12.9. The van der Waals surface area contributed by atoms with Crippen molar-refractivity contribution in [3.05, 3.63) is 0 Å². The summed E-state index contributed by atoms with van der Waals surface area (Å²) in [4.78, 5) is 71.2. The third kappa shape index (κ3) is 50.1. The Kier molecular flexibility index (Phi) is 49.0. The highest BCUT2D eigenvalue weighted by molar-refractivity contribution is 7.47. The first-order valence-electron chi connectivity index (χ1n) is 29.7. The summed E-state index contributed by atoms with van der Waals surface area (Å²) in [7, 11) is -9.85. The lowest BCUT2D eigenvalue weighted by molar-refractivity contribution is -0.161. The zero-order valence-electron chi connectivity index (χ0n) is 47.7. The first-order valence-corrected chi connectivity index (χ1v) is 32.7. The van der Waals surface area contributed by atoms with Crippen molar-refractivity contribution in [2.45, 2.75) is 291 Å². The van der Waals surface area contributed by atoms with E-state index in [0.717, 1.165) is 115 Å². The molecule has 0 aliphatic heterocycles. The number of phosphoric ester groups is 2. The predicted octanol–water partition coefficient (Wildman–Crippen LogP) is 14.7. The van der Waals surface area contributed by atoms with Crippen molar-refractivity contribution >= 4 is 39.5 Å². The molecule has 0 saturated heterocycles. The van der Waals surface area contributed by atoms with Gasteiger partial charge in [-0.25, -0.2) is 9.13 Å². The molecule has 3 unspecified atom stereocenters. The van der Waals surface area contributed by atoms with E-state index in [4.69, 9.17) is 37.0 Å². The Balaban J connectivity index is 5.03. The van der Waals surface area contributed by atoms with Crippen LogP contribution in [0.3, 0.4) is 0 Å². The van der Waals surface area contributed by atoms with E-state index in [1.165, 1.54) is 77.0 Å². The fraction of sp³-hybridized carbons (Fsp3) is 0.929. The van der Waals surface area contributed by atoms with E-state index < -0.39 is 97.5 Å². The topological polar surface area (TPSA) is 237 Å². The van der Waals surface area contributed by atoms with Crippen LogP contribution in [0.4, 0.5) is 0 Å². The number of carbonyl (C=O) groups excluding carboxylic acids is 4. The summed E-state index contributed by atoms with van der Waals surface area (Å²) in [6.45, 7) is 6.96. The molecule has 75 heavy (non-hydrogen) atoms. The van der Waals surface area contributed by atoms with Gasteiger partial charge in [0.1, 0.15) is 19.3 Å². The van der Waals surface area contributed by atoms with E-state index in [1.807, 2.05) is 0 Å². The summed E-state index contributed by atoms with van der Waals surface area (Å²) < 4.78 is 67.1. The monoisotopic (exact) mass is 1110 g/mol. The Hall–Kier alpha value is -1.94. The van der Waals surface area contributed by atoms with Crippen LogP contribution < -0.4 is 0 Å². The Bertz CT molecular complexity index is 1490. The second-order valence-corrected chi connectivity index (χ2v) is 23.5. The van der Waals surface area contributed by atoms with Gasteiger partial charge in [0.25, 0.3) is 0 Å². The molecule has 0 saturated carbocycles. The van der Waals surface area contributed by atoms with Crippen molar-refractivity contribution in [3.8, 4) is 0 Å². The Labute approximate surface area is 454 Å². The SMILES string of the molecule is CCCCCCCCCC(=O)OC[C@H](COP(=O)(O)OC[C@@H](O)COP(=O)(O)OC[C@@H](COC(=O)CCCCCCC)OC(=O)CCCCCCC)OC(=O)CCCCCCCCCCCCCCCCC(C)CC. The third-order valence-electron chi connectivity index (χ3n) is 13.1. The normalized spacial score (nSPS) is 14.8. The number of ether oxygens (including phenoxy) is 4. The molecule has 0 radical (unpaired) electrons. The van der Waals surface area contributed by atoms with Gasteiger partial charge in [0.15, 0.2) is 12.2 Å². The molecule has 0 aliphatic carbocycles. The van der Waals surface area contributed by atoms with Crippen LogP contribution in [0.1, 0.15) is 272 Å². The molecule has 3 N–H and O–H groups in total. The van der Waals surface area contributed by atoms with E-state index in [1.54, 1.807) is 0 Å². The minimum absolute atomic E-state index is 0.0987. The summed E-state index contributed by atoms with van der Waals surface area (Å²) >= 11 is 0. The molecule has 0 aromatic heterocycles. The summed E-state index contributed by atoms with van der Waals surface area (Å²) in [5.41, 5.74) is 0. The number of phosphoric acid groups is 2. The quantitative estimate of drug-likeness (QED) is 0.0222. The van der Waals surface area contributed by atoms with E-state index in [9.17, 15) is 43.2 Å². The largest absolute Gasteiger partial charge is 0.472 e. The van der Waals surface area contributed by atoms with Gasteiger partial charge in [-0.2, -0.15) is 0 Å². The van der Waals surface area contributed by atoms with Gasteiger partial charge >= 0.3 is 39.5 Å². The minimum atomic E-state index is -4.93. The zero-order valence-corrected chi connectivity index (χ0v) is 49.5. The van der Waals surface area contributed by atoms with Crippen molar-refractivity contribution < 1.29 is 80.2 Å². The standard InChI is InChI=1S/C56H108O17P2/c1-6-10-13-16-25-31-35-40-54(59)67-46-52(73-56(61)42-37-32-27-24-22-20-18-17-19-21-23-26-30-33-38-49(5)9-4)48-71-75(64,65)69-44-50(57)43-68-74(62,63)70-47-51(72-55(60)41-36-29-15-12-8-3)45-66-53(58)39-34-28-14-11-7-2/h49-52,57H,6-48H2,1-5H3,(H,62,63)(H,64,65)/t49?,50-,51+,52+/m0/s1. The third-order valence-corrected chi connectivity index (χ3v) is 15.0. The maximum atomic E-state index is 12.9. The number of hydrogen-bond donors (Lipinski definition) is 3. The smallest absolute Gasteiger partial charge is 0.462 e. The number of hydrogen-bond acceptors (Lipinski definition) is 15. The Morgan fingerprint density at radius 1 is 0.373 bits per heavy atom. The molecule has 0 aliphatic rings. The molecule has 0 aromatic rings. The Morgan fingerprint density at radius 3 is 0.947 bits per heavy atom. The van der Waals surface area contributed by atoms with Gasteiger partial charge in [-0.1, -0.05) is 221 Å². The number of rotatable bonds is 56. The lowest BCUT2D eigenvalue weighted by atomic mass is 9.99. The van der Waals surface area contributed by atoms with Crippen molar-refractivity contribution in [2.75, 3.05) is 39.6 Å². The second kappa shape index (κ2) is 50.3. The molecule has 6 atom stereocenters. The lowest BCUT2D eigenvalue weighted by Gasteiger charge is -2.21. The van der Waals surface area contributed by atoms with Crippen molar-refractivity contribution in [1.29, 1.82) is 0 Å². The molecular weight excluding hydrogens is 1010 g/mol. The van der Waals surface area contributed by atoms with E-state index >= 15 is 0 Å². The molecule has 444 valence electrons. The van der Waals surface area contributed by atoms with Gasteiger partial charge in [-0.3, -0.25) is 37.3 Å². The number of aliphatic hydroxyl groups is 1. The first-order chi connectivity index (χ1) is 36.1. The molecule has 0 bridgehead atoms. The van der Waals surface area contributed by atoms with Crippen LogP contribution in [0.25, 0.3) is 0 Å². The summed E-state index contributed by atoms with van der Waals surface area (Å²) in [6, 6.07) is 0. The Morgan fingerprint density at radius 2 is 0.640 bits per heavy atom. The van der Waals surface area contributed by atoms with Crippen molar-refractivity contribution in [3.63, 3.8) is 0 Å². The molecule has 0 fully saturated rings. The number of esters is 4. The number of carbonyl (C=O) groups is 4. The van der Waals surface area contributed by atoms with Gasteiger partial charge in [0, 0.05) is 25.7 Å². The van der Waals surface area contributed by atoms with Crippen LogP contribution >= 0.6 is 15.6 Å². The van der Waals surface area contributed by atoms with Gasteiger partial charge in [-0.15, -0.1) is 0 Å². The highest BCUT2D eigenvalue weighted by Crippen LogP contribution is 2.45. The van der Waals surface area contributed by atoms with Crippen molar-refractivity contribution in [2.24, 2.45) is 5.92 Å². The van der Waals surface area contributed by atoms with E-state index in [-0.39, 0.29) is 25.7 Å². The van der Waals surface area contributed by atoms with Gasteiger partial charge in [0.2, 0.25) is 0 Å². The molecule has 0 amide bonds. The molecule has 0 aromatic carbocycles. The van der Waals surface area contributed by atoms with Crippen LogP contribution in [0.5, 0.6) is 0 Å². The number of unbranched alkanes of at least 4 members (excludes halogenated alkanes) is 27. The van der Waals surface area contributed by atoms with Crippen LogP contribution in [0, 0.1) is 5.92 Å². The van der Waals surface area contributed by atoms with Crippen LogP contribution in [0.15, 0.2) is 0 Å². The summed E-state index contributed by atoms with van der Waals surface area (Å²) in [6.07, 6.45) is 31.6. The van der Waals surface area contributed by atoms with Crippen LogP contribution in [0.2, 0.25) is 0 Å². The molecule has 0 rings (SSSR count). The van der Waals surface area contributed by atoms with E-state index in [2.05, 4.69) is 34.6 Å². The van der Waals surface area contributed by atoms with E-state index in [0.29, 0.717) is 25.7 Å². The number of aliphatic hydroxyl groups excluding tert-OH is 1. The molecular formula is C56H108O17P2. The summed E-state index contributed by atoms with van der Waals surface area (Å²) in [5, 5.41) is 10.4.